The molecular weight excluding hydrogens is 374 g/mol. The maximum absolute atomic E-state index is 11.4. The van der Waals surface area contributed by atoms with Crippen molar-refractivity contribution in [3.63, 3.8) is 0 Å². The summed E-state index contributed by atoms with van der Waals surface area (Å²) in [6.45, 7) is 9.08. The molecule has 27 heavy (non-hydrogen) atoms. The van der Waals surface area contributed by atoms with E-state index < -0.39 is 21.8 Å². The van der Waals surface area contributed by atoms with Gasteiger partial charge in [0.15, 0.2) is 0 Å². The Bertz CT molecular complexity index is 711. The molecule has 154 valence electrons. The Morgan fingerprint density at radius 1 is 1.11 bits per heavy atom. The van der Waals surface area contributed by atoms with Crippen LogP contribution in [0.2, 0.25) is 0 Å². The summed E-state index contributed by atoms with van der Waals surface area (Å²) in [4.78, 5) is 11.3. The van der Waals surface area contributed by atoms with Crippen LogP contribution in [0.4, 0.5) is 4.79 Å². The Morgan fingerprint density at radius 2 is 1.74 bits per heavy atom. The molecule has 1 rings (SSSR count). The maximum atomic E-state index is 11.4. The van der Waals surface area contributed by atoms with Gasteiger partial charge in [-0.3, -0.25) is 4.55 Å². The summed E-state index contributed by atoms with van der Waals surface area (Å²) < 4.78 is 47.4. The molecule has 0 bridgehead atoms. The van der Waals surface area contributed by atoms with E-state index in [2.05, 4.69) is 5.32 Å². The number of hydrogen-bond donors (Lipinski definition) is 2. The number of benzene rings is 1. The number of rotatable bonds is 10. The highest BCUT2D eigenvalue weighted by Crippen LogP contribution is 2.16. The van der Waals surface area contributed by atoms with Crippen molar-refractivity contribution in [2.75, 3.05) is 33.0 Å². The Kier molecular flexibility index (Phi) is 9.17. The van der Waals surface area contributed by atoms with Crippen molar-refractivity contribution in [3.05, 3.63) is 29.3 Å². The van der Waals surface area contributed by atoms with Gasteiger partial charge in [-0.25, -0.2) is 4.79 Å². The molecule has 2 N–H and O–H groups in total. The lowest BCUT2D eigenvalue weighted by Crippen LogP contribution is -2.34. The highest BCUT2D eigenvalue weighted by Gasteiger charge is 2.15. The van der Waals surface area contributed by atoms with Crippen LogP contribution in [0.3, 0.4) is 0 Å². The number of aryl methyl sites for hydroxylation is 1. The van der Waals surface area contributed by atoms with Crippen LogP contribution in [0.15, 0.2) is 23.1 Å². The molecule has 9 heteroatoms. The van der Waals surface area contributed by atoms with E-state index in [1.54, 1.807) is 26.8 Å². The Balaban J connectivity index is 2.15. The molecule has 0 heterocycles. The van der Waals surface area contributed by atoms with Gasteiger partial charge >= 0.3 is 6.09 Å². The van der Waals surface area contributed by atoms with Crippen LogP contribution < -0.4 is 5.32 Å². The minimum Gasteiger partial charge on any atom is -0.444 e. The molecule has 8 nitrogen and oxygen atoms in total. The van der Waals surface area contributed by atoms with Gasteiger partial charge in [-0.05, 0) is 57.4 Å². The van der Waals surface area contributed by atoms with E-state index in [9.17, 15) is 13.2 Å². The number of alkyl carbamates (subject to hydrolysis) is 1. The summed E-state index contributed by atoms with van der Waals surface area (Å²) >= 11 is 0. The van der Waals surface area contributed by atoms with Gasteiger partial charge in [0.2, 0.25) is 0 Å². The van der Waals surface area contributed by atoms with Crippen LogP contribution in [0.25, 0.3) is 0 Å². The van der Waals surface area contributed by atoms with Crippen LogP contribution in [-0.2, 0) is 30.7 Å². The summed E-state index contributed by atoms with van der Waals surface area (Å²) in [6, 6.07) is 4.47. The van der Waals surface area contributed by atoms with E-state index in [-0.39, 0.29) is 4.90 Å². The SMILES string of the molecule is Cc1ccc(S(=O)(=O)O)cc1CCOCCOCCNC(=O)OC(C)(C)C. The third-order valence-corrected chi connectivity index (χ3v) is 4.27. The minimum absolute atomic E-state index is 0.121. The number of ether oxygens (including phenoxy) is 3. The first-order chi connectivity index (χ1) is 12.5. The van der Waals surface area contributed by atoms with Crippen LogP contribution >= 0.6 is 0 Å². The molecule has 0 fully saturated rings. The van der Waals surface area contributed by atoms with Crippen molar-refractivity contribution in [2.24, 2.45) is 0 Å². The van der Waals surface area contributed by atoms with Gasteiger partial charge in [-0.2, -0.15) is 8.42 Å². The standard InChI is InChI=1S/C18H29NO7S/c1-14-5-6-16(27(21,22)23)13-15(14)7-9-24-11-12-25-10-8-19-17(20)26-18(2,3)4/h5-6,13H,7-12H2,1-4H3,(H,19,20)(H,21,22,23). The van der Waals surface area contributed by atoms with E-state index in [1.807, 2.05) is 6.92 Å². The van der Waals surface area contributed by atoms with Crippen molar-refractivity contribution < 1.29 is 32.0 Å². The first-order valence-electron chi connectivity index (χ1n) is 8.68. The highest BCUT2D eigenvalue weighted by molar-refractivity contribution is 7.85. The Morgan fingerprint density at radius 3 is 2.33 bits per heavy atom. The third kappa shape index (κ3) is 10.3. The predicted octanol–water partition coefficient (Wildman–Crippen LogP) is 2.34. The fourth-order valence-corrected chi connectivity index (χ4v) is 2.65. The number of hydrogen-bond acceptors (Lipinski definition) is 6. The second-order valence-electron chi connectivity index (χ2n) is 6.97. The van der Waals surface area contributed by atoms with Crippen molar-refractivity contribution in [2.45, 2.75) is 44.6 Å². The van der Waals surface area contributed by atoms with E-state index in [0.717, 1.165) is 11.1 Å². The van der Waals surface area contributed by atoms with Crippen LogP contribution in [-0.4, -0.2) is 57.6 Å². The molecular formula is C18H29NO7S. The molecule has 0 aliphatic carbocycles. The zero-order valence-electron chi connectivity index (χ0n) is 16.3. The predicted molar refractivity (Wildman–Crippen MR) is 101 cm³/mol. The van der Waals surface area contributed by atoms with Crippen molar-refractivity contribution in [1.29, 1.82) is 0 Å². The number of carbonyl (C=O) groups is 1. The first-order valence-corrected chi connectivity index (χ1v) is 10.1. The van der Waals surface area contributed by atoms with Gasteiger partial charge < -0.3 is 19.5 Å². The summed E-state index contributed by atoms with van der Waals surface area (Å²) in [6.07, 6.45) is 0.0416. The Hall–Kier alpha value is -1.68. The van der Waals surface area contributed by atoms with E-state index in [1.165, 1.54) is 12.1 Å². The summed E-state index contributed by atoms with van der Waals surface area (Å²) in [5.74, 6) is 0. The van der Waals surface area contributed by atoms with E-state index in [0.29, 0.717) is 39.4 Å². The Labute approximate surface area is 160 Å². The van der Waals surface area contributed by atoms with E-state index >= 15 is 0 Å². The van der Waals surface area contributed by atoms with Crippen LogP contribution in [0.5, 0.6) is 0 Å². The quantitative estimate of drug-likeness (QED) is 0.455. The molecule has 1 aromatic rings. The molecule has 0 spiro atoms. The smallest absolute Gasteiger partial charge is 0.407 e. The van der Waals surface area contributed by atoms with Gasteiger partial charge in [-0.15, -0.1) is 0 Å². The average molecular weight is 403 g/mol. The van der Waals surface area contributed by atoms with Gasteiger partial charge in [0.05, 0.1) is 31.3 Å². The van der Waals surface area contributed by atoms with Crippen LogP contribution in [0, 0.1) is 6.92 Å². The molecule has 1 amide bonds. The zero-order valence-corrected chi connectivity index (χ0v) is 17.1. The van der Waals surface area contributed by atoms with Crippen LogP contribution in [0.1, 0.15) is 31.9 Å². The largest absolute Gasteiger partial charge is 0.444 e. The second kappa shape index (κ2) is 10.6. The molecule has 0 aromatic heterocycles. The summed E-state index contributed by atoms with van der Waals surface area (Å²) in [5, 5.41) is 2.59. The molecule has 0 aliphatic heterocycles. The third-order valence-electron chi connectivity index (χ3n) is 3.42. The molecule has 0 atom stereocenters. The molecule has 0 aliphatic rings. The number of amides is 1. The topological polar surface area (TPSA) is 111 Å². The molecule has 1 aromatic carbocycles. The maximum Gasteiger partial charge on any atom is 0.407 e. The van der Waals surface area contributed by atoms with Gasteiger partial charge in [0.25, 0.3) is 10.1 Å². The lowest BCUT2D eigenvalue weighted by molar-refractivity contribution is 0.0403. The number of nitrogens with one attached hydrogen (secondary N) is 1. The molecule has 0 saturated heterocycles. The monoisotopic (exact) mass is 403 g/mol. The highest BCUT2D eigenvalue weighted by atomic mass is 32.2. The van der Waals surface area contributed by atoms with Crippen molar-refractivity contribution in [1.82, 2.24) is 5.32 Å². The van der Waals surface area contributed by atoms with E-state index in [4.69, 9.17) is 18.8 Å². The van der Waals surface area contributed by atoms with Crippen molar-refractivity contribution >= 4 is 16.2 Å². The van der Waals surface area contributed by atoms with Crippen molar-refractivity contribution in [3.8, 4) is 0 Å². The summed E-state index contributed by atoms with van der Waals surface area (Å²) in [7, 11) is -4.21. The second-order valence-corrected chi connectivity index (χ2v) is 8.39. The summed E-state index contributed by atoms with van der Waals surface area (Å²) in [5.41, 5.74) is 1.20. The lowest BCUT2D eigenvalue weighted by Gasteiger charge is -2.19. The normalized spacial score (nSPS) is 12.0. The fraction of sp³-hybridized carbons (Fsp3) is 0.611. The minimum atomic E-state index is -4.21. The zero-order chi connectivity index (χ0) is 20.5. The van der Waals surface area contributed by atoms with Gasteiger partial charge in [0.1, 0.15) is 5.60 Å². The molecule has 0 radical (unpaired) electrons. The van der Waals surface area contributed by atoms with Gasteiger partial charge in [-0.1, -0.05) is 6.07 Å². The fourth-order valence-electron chi connectivity index (χ4n) is 2.12. The molecule has 0 saturated carbocycles. The first kappa shape index (κ1) is 23.4. The number of carbonyl (C=O) groups excluding carboxylic acids is 1. The molecule has 0 unspecified atom stereocenters. The lowest BCUT2D eigenvalue weighted by atomic mass is 10.1. The average Bonchev–Trinajstić information content (AvgIpc) is 2.52. The van der Waals surface area contributed by atoms with Gasteiger partial charge in [0, 0.05) is 6.54 Å².